The third kappa shape index (κ3) is 4.30. The van der Waals surface area contributed by atoms with Crippen LogP contribution in [0.5, 0.6) is 0 Å². The van der Waals surface area contributed by atoms with Crippen LogP contribution >= 0.6 is 0 Å². The molecule has 1 N–H and O–H groups in total. The van der Waals surface area contributed by atoms with Crippen molar-refractivity contribution in [2.45, 2.75) is 38.4 Å². The molecule has 2 amide bonds. The lowest BCUT2D eigenvalue weighted by atomic mass is 10.1. The molecule has 0 saturated carbocycles. The van der Waals surface area contributed by atoms with Gasteiger partial charge in [-0.1, -0.05) is 12.1 Å². The second kappa shape index (κ2) is 8.08. The molecule has 3 heterocycles. The van der Waals surface area contributed by atoms with Gasteiger partial charge in [0.25, 0.3) is 0 Å². The molecular weight excluding hydrogens is 345 g/mol. The first-order chi connectivity index (χ1) is 13.2. The van der Waals surface area contributed by atoms with Crippen LogP contribution in [0.3, 0.4) is 0 Å². The Balaban J connectivity index is 1.35. The van der Waals surface area contributed by atoms with E-state index in [4.69, 9.17) is 0 Å². The first-order valence-corrected chi connectivity index (χ1v) is 9.71. The van der Waals surface area contributed by atoms with E-state index in [9.17, 15) is 9.18 Å². The van der Waals surface area contributed by atoms with E-state index in [2.05, 4.69) is 20.0 Å². The predicted octanol–water partition coefficient (Wildman–Crippen LogP) is 2.77. The molecule has 1 saturated heterocycles. The van der Waals surface area contributed by atoms with Gasteiger partial charge in [-0.15, -0.1) is 0 Å². The molecule has 6 nitrogen and oxygen atoms in total. The number of amides is 2. The van der Waals surface area contributed by atoms with Crippen LogP contribution in [0.4, 0.5) is 9.18 Å². The first-order valence-electron chi connectivity index (χ1n) is 9.71. The lowest BCUT2D eigenvalue weighted by Gasteiger charge is -2.34. The molecule has 2 aliphatic heterocycles. The molecule has 1 atom stereocenters. The summed E-state index contributed by atoms with van der Waals surface area (Å²) in [4.78, 5) is 16.4. The Hall–Kier alpha value is -2.41. The maximum Gasteiger partial charge on any atom is 0.317 e. The monoisotopic (exact) mass is 371 g/mol. The summed E-state index contributed by atoms with van der Waals surface area (Å²) in [5.41, 5.74) is 2.28. The SMILES string of the molecule is O=C(NCC[C@H]1CN(Cc2ccc(F)cc2)Cc2ccnn21)N1CCCC1. The Morgan fingerprint density at radius 1 is 1.19 bits per heavy atom. The van der Waals surface area contributed by atoms with Gasteiger partial charge in [-0.2, -0.15) is 5.10 Å². The van der Waals surface area contributed by atoms with Crippen LogP contribution < -0.4 is 5.32 Å². The molecule has 0 unspecified atom stereocenters. The number of hydrogen-bond acceptors (Lipinski definition) is 3. The maximum absolute atomic E-state index is 13.1. The minimum atomic E-state index is -0.206. The van der Waals surface area contributed by atoms with Gasteiger partial charge in [-0.25, -0.2) is 9.18 Å². The largest absolute Gasteiger partial charge is 0.338 e. The number of urea groups is 1. The average Bonchev–Trinajstić information content (AvgIpc) is 3.35. The van der Waals surface area contributed by atoms with E-state index in [0.717, 1.165) is 57.5 Å². The Morgan fingerprint density at radius 3 is 2.74 bits per heavy atom. The number of carbonyl (C=O) groups excluding carboxylic acids is 1. The highest BCUT2D eigenvalue weighted by molar-refractivity contribution is 5.74. The quantitative estimate of drug-likeness (QED) is 0.879. The molecular formula is C20H26FN5O. The van der Waals surface area contributed by atoms with Crippen LogP contribution in [0.25, 0.3) is 0 Å². The van der Waals surface area contributed by atoms with Crippen molar-refractivity contribution in [3.05, 3.63) is 53.6 Å². The van der Waals surface area contributed by atoms with Crippen molar-refractivity contribution in [3.63, 3.8) is 0 Å². The summed E-state index contributed by atoms with van der Waals surface area (Å²) >= 11 is 0. The molecule has 2 aliphatic rings. The topological polar surface area (TPSA) is 53.4 Å². The Bertz CT molecular complexity index is 769. The van der Waals surface area contributed by atoms with Gasteiger partial charge >= 0.3 is 6.03 Å². The van der Waals surface area contributed by atoms with Crippen molar-refractivity contribution in [1.29, 1.82) is 0 Å². The van der Waals surface area contributed by atoms with Crippen LogP contribution in [0.1, 0.15) is 36.6 Å². The van der Waals surface area contributed by atoms with E-state index in [1.54, 1.807) is 0 Å². The average molecular weight is 371 g/mol. The minimum Gasteiger partial charge on any atom is -0.338 e. The van der Waals surface area contributed by atoms with Gasteiger partial charge in [0.2, 0.25) is 0 Å². The predicted molar refractivity (Wildman–Crippen MR) is 101 cm³/mol. The van der Waals surface area contributed by atoms with Crippen LogP contribution in [0, 0.1) is 5.82 Å². The van der Waals surface area contributed by atoms with Crippen LogP contribution in [-0.4, -0.2) is 51.8 Å². The molecule has 144 valence electrons. The van der Waals surface area contributed by atoms with Gasteiger partial charge in [0, 0.05) is 45.5 Å². The number of rotatable bonds is 5. The Morgan fingerprint density at radius 2 is 1.96 bits per heavy atom. The molecule has 0 radical (unpaired) electrons. The number of fused-ring (bicyclic) bond motifs is 1. The molecule has 0 bridgehead atoms. The highest BCUT2D eigenvalue weighted by Gasteiger charge is 2.26. The normalized spacial score (nSPS) is 19.9. The van der Waals surface area contributed by atoms with E-state index in [1.807, 2.05) is 29.3 Å². The smallest absolute Gasteiger partial charge is 0.317 e. The molecule has 0 spiro atoms. The fraction of sp³-hybridized carbons (Fsp3) is 0.500. The van der Waals surface area contributed by atoms with Crippen LogP contribution in [0.15, 0.2) is 36.5 Å². The Labute approximate surface area is 158 Å². The van der Waals surface area contributed by atoms with E-state index >= 15 is 0 Å². The van der Waals surface area contributed by atoms with E-state index in [1.165, 1.54) is 17.8 Å². The standard InChI is InChI=1S/C20H26FN5O/c21-17-5-3-16(4-6-17)13-24-14-18(26-19(15-24)8-10-23-26)7-9-22-20(27)25-11-1-2-12-25/h3-6,8,10,18H,1-2,7,9,11-15H2,(H,22,27)/t18-/m0/s1. The number of nitrogens with zero attached hydrogens (tertiary/aromatic N) is 4. The summed E-state index contributed by atoms with van der Waals surface area (Å²) in [6.45, 7) is 4.85. The molecule has 27 heavy (non-hydrogen) atoms. The third-order valence-corrected chi connectivity index (χ3v) is 5.42. The van der Waals surface area contributed by atoms with Gasteiger partial charge < -0.3 is 10.2 Å². The number of carbonyl (C=O) groups is 1. The molecule has 1 aromatic heterocycles. The van der Waals surface area contributed by atoms with Crippen LogP contribution in [0.2, 0.25) is 0 Å². The highest BCUT2D eigenvalue weighted by Crippen LogP contribution is 2.24. The van der Waals surface area contributed by atoms with Gasteiger partial charge in [0.1, 0.15) is 5.82 Å². The Kier molecular flexibility index (Phi) is 5.38. The third-order valence-electron chi connectivity index (χ3n) is 5.42. The molecule has 2 aromatic rings. The number of aromatic nitrogens is 2. The summed E-state index contributed by atoms with van der Waals surface area (Å²) in [5, 5.41) is 7.54. The van der Waals surface area contributed by atoms with Crippen LogP contribution in [-0.2, 0) is 13.1 Å². The second-order valence-electron chi connectivity index (χ2n) is 7.43. The summed E-state index contributed by atoms with van der Waals surface area (Å²) in [7, 11) is 0. The van der Waals surface area contributed by atoms with Crippen molar-refractivity contribution < 1.29 is 9.18 Å². The highest BCUT2D eigenvalue weighted by atomic mass is 19.1. The van der Waals surface area contributed by atoms with E-state index < -0.39 is 0 Å². The van der Waals surface area contributed by atoms with Gasteiger partial charge in [0.15, 0.2) is 0 Å². The molecule has 0 aliphatic carbocycles. The maximum atomic E-state index is 13.1. The number of hydrogen-bond donors (Lipinski definition) is 1. The lowest BCUT2D eigenvalue weighted by molar-refractivity contribution is 0.160. The van der Waals surface area contributed by atoms with Crippen molar-refractivity contribution >= 4 is 6.03 Å². The molecule has 1 aromatic carbocycles. The summed E-state index contributed by atoms with van der Waals surface area (Å²) < 4.78 is 15.2. The zero-order valence-electron chi connectivity index (χ0n) is 15.5. The van der Waals surface area contributed by atoms with Crippen molar-refractivity contribution in [3.8, 4) is 0 Å². The number of halogens is 1. The van der Waals surface area contributed by atoms with E-state index in [-0.39, 0.29) is 17.9 Å². The summed E-state index contributed by atoms with van der Waals surface area (Å²) in [6, 6.07) is 9.02. The van der Waals surface area contributed by atoms with Crippen molar-refractivity contribution in [2.24, 2.45) is 0 Å². The zero-order valence-corrected chi connectivity index (χ0v) is 15.5. The molecule has 4 rings (SSSR count). The van der Waals surface area contributed by atoms with Crippen molar-refractivity contribution in [1.82, 2.24) is 24.9 Å². The summed E-state index contributed by atoms with van der Waals surface area (Å²) in [5.74, 6) is -0.206. The lowest BCUT2D eigenvalue weighted by Crippen LogP contribution is -2.41. The number of benzene rings is 1. The van der Waals surface area contributed by atoms with Crippen molar-refractivity contribution in [2.75, 3.05) is 26.2 Å². The fourth-order valence-corrected chi connectivity index (χ4v) is 4.02. The summed E-state index contributed by atoms with van der Waals surface area (Å²) in [6.07, 6.45) is 4.89. The molecule has 1 fully saturated rings. The first kappa shape index (κ1) is 18.0. The van der Waals surface area contributed by atoms with Gasteiger partial charge in [0.05, 0.1) is 11.7 Å². The number of likely N-dealkylation sites (tertiary alicyclic amines) is 1. The molecule has 7 heteroatoms. The van der Waals surface area contributed by atoms with Gasteiger partial charge in [-0.3, -0.25) is 9.58 Å². The number of nitrogens with one attached hydrogen (secondary N) is 1. The minimum absolute atomic E-state index is 0.0483. The zero-order chi connectivity index (χ0) is 18.6. The van der Waals surface area contributed by atoms with E-state index in [0.29, 0.717) is 6.54 Å². The second-order valence-corrected chi connectivity index (χ2v) is 7.43. The van der Waals surface area contributed by atoms with Gasteiger partial charge in [-0.05, 0) is 43.0 Å². The fourth-order valence-electron chi connectivity index (χ4n) is 4.02.